The van der Waals surface area contributed by atoms with E-state index in [9.17, 15) is 14.4 Å². The van der Waals surface area contributed by atoms with Crippen LogP contribution < -0.4 is 10.6 Å². The molecule has 26 heavy (non-hydrogen) atoms. The van der Waals surface area contributed by atoms with Crippen LogP contribution in [0.5, 0.6) is 0 Å². The summed E-state index contributed by atoms with van der Waals surface area (Å²) < 4.78 is 0. The lowest BCUT2D eigenvalue weighted by Gasteiger charge is -2.28. The Labute approximate surface area is 152 Å². The Morgan fingerprint density at radius 3 is 2.54 bits per heavy atom. The number of para-hydroxylation sites is 1. The SMILES string of the molecule is Cc1c(C(=O)NCC(=O)Nc2ccccc2)[nH]c2c1C(=O)CC(C)(C)C2. The van der Waals surface area contributed by atoms with Gasteiger partial charge in [0.05, 0.1) is 6.54 Å². The molecule has 0 aliphatic heterocycles. The molecule has 0 saturated carbocycles. The molecule has 1 aromatic heterocycles. The quantitative estimate of drug-likeness (QED) is 0.789. The first-order valence-corrected chi connectivity index (χ1v) is 8.64. The fourth-order valence-corrected chi connectivity index (χ4v) is 3.44. The van der Waals surface area contributed by atoms with Gasteiger partial charge in [0.25, 0.3) is 5.91 Å². The van der Waals surface area contributed by atoms with Crippen molar-refractivity contribution in [2.24, 2.45) is 5.41 Å². The smallest absolute Gasteiger partial charge is 0.268 e. The highest BCUT2D eigenvalue weighted by atomic mass is 16.2. The van der Waals surface area contributed by atoms with E-state index in [0.29, 0.717) is 28.9 Å². The van der Waals surface area contributed by atoms with Crippen LogP contribution in [-0.4, -0.2) is 29.1 Å². The normalized spacial score (nSPS) is 15.3. The third kappa shape index (κ3) is 3.69. The summed E-state index contributed by atoms with van der Waals surface area (Å²) in [7, 11) is 0. The van der Waals surface area contributed by atoms with Crippen LogP contribution in [0.25, 0.3) is 0 Å². The highest BCUT2D eigenvalue weighted by Crippen LogP contribution is 2.36. The lowest BCUT2D eigenvalue weighted by atomic mass is 9.75. The van der Waals surface area contributed by atoms with Crippen LogP contribution in [0.15, 0.2) is 30.3 Å². The van der Waals surface area contributed by atoms with Gasteiger partial charge in [-0.2, -0.15) is 0 Å². The van der Waals surface area contributed by atoms with Gasteiger partial charge in [0.1, 0.15) is 5.69 Å². The molecule has 136 valence electrons. The van der Waals surface area contributed by atoms with Gasteiger partial charge in [-0.1, -0.05) is 32.0 Å². The van der Waals surface area contributed by atoms with E-state index in [1.54, 1.807) is 19.1 Å². The number of nitrogens with one attached hydrogen (secondary N) is 3. The predicted octanol–water partition coefficient (Wildman–Crippen LogP) is 2.85. The van der Waals surface area contributed by atoms with Crippen LogP contribution in [-0.2, 0) is 11.2 Å². The highest BCUT2D eigenvalue weighted by molar-refractivity contribution is 6.05. The minimum absolute atomic E-state index is 0.0610. The number of H-pyrrole nitrogens is 1. The Morgan fingerprint density at radius 2 is 1.85 bits per heavy atom. The third-order valence-corrected chi connectivity index (χ3v) is 4.60. The molecule has 3 N–H and O–H groups in total. The minimum atomic E-state index is -0.384. The van der Waals surface area contributed by atoms with E-state index in [0.717, 1.165) is 12.1 Å². The van der Waals surface area contributed by atoms with Gasteiger partial charge in [0.15, 0.2) is 5.78 Å². The van der Waals surface area contributed by atoms with Gasteiger partial charge in [-0.15, -0.1) is 0 Å². The van der Waals surface area contributed by atoms with E-state index in [2.05, 4.69) is 15.6 Å². The molecule has 1 heterocycles. The zero-order valence-electron chi connectivity index (χ0n) is 15.2. The Kier molecular flexibility index (Phi) is 4.68. The van der Waals surface area contributed by atoms with Crippen molar-refractivity contribution in [1.29, 1.82) is 0 Å². The molecule has 1 aromatic carbocycles. The number of fused-ring (bicyclic) bond motifs is 1. The number of rotatable bonds is 4. The predicted molar refractivity (Wildman–Crippen MR) is 99.4 cm³/mol. The number of ketones is 1. The van der Waals surface area contributed by atoms with Crippen molar-refractivity contribution in [1.82, 2.24) is 10.3 Å². The number of anilines is 1. The van der Waals surface area contributed by atoms with Crippen LogP contribution in [0.4, 0.5) is 5.69 Å². The first-order chi connectivity index (χ1) is 12.3. The Morgan fingerprint density at radius 1 is 1.15 bits per heavy atom. The van der Waals surface area contributed by atoms with Crippen LogP contribution in [0, 0.1) is 12.3 Å². The van der Waals surface area contributed by atoms with Gasteiger partial charge >= 0.3 is 0 Å². The minimum Gasteiger partial charge on any atom is -0.354 e. The summed E-state index contributed by atoms with van der Waals surface area (Å²) in [6.45, 7) is 5.70. The number of benzene rings is 1. The van der Waals surface area contributed by atoms with Crippen LogP contribution in [0.2, 0.25) is 0 Å². The van der Waals surface area contributed by atoms with Gasteiger partial charge in [-0.3, -0.25) is 14.4 Å². The van der Waals surface area contributed by atoms with Crippen molar-refractivity contribution >= 4 is 23.3 Å². The zero-order valence-corrected chi connectivity index (χ0v) is 15.2. The summed E-state index contributed by atoms with van der Waals surface area (Å²) in [6, 6.07) is 9.04. The molecular weight excluding hydrogens is 330 g/mol. The van der Waals surface area contributed by atoms with Gasteiger partial charge in [-0.05, 0) is 36.5 Å². The van der Waals surface area contributed by atoms with Crippen molar-refractivity contribution in [3.63, 3.8) is 0 Å². The molecule has 0 bridgehead atoms. The highest BCUT2D eigenvalue weighted by Gasteiger charge is 2.35. The molecule has 6 nitrogen and oxygen atoms in total. The molecule has 2 amide bonds. The molecular formula is C20H23N3O3. The summed E-state index contributed by atoms with van der Waals surface area (Å²) in [4.78, 5) is 40.0. The van der Waals surface area contributed by atoms with E-state index in [1.165, 1.54) is 0 Å². The molecule has 0 fully saturated rings. The number of aromatic nitrogens is 1. The third-order valence-electron chi connectivity index (χ3n) is 4.60. The van der Waals surface area contributed by atoms with E-state index < -0.39 is 0 Å². The van der Waals surface area contributed by atoms with E-state index in [4.69, 9.17) is 0 Å². The summed E-state index contributed by atoms with van der Waals surface area (Å²) >= 11 is 0. The number of aromatic amines is 1. The number of hydrogen-bond donors (Lipinski definition) is 3. The van der Waals surface area contributed by atoms with Crippen LogP contribution in [0.3, 0.4) is 0 Å². The maximum atomic E-state index is 12.5. The molecule has 1 aliphatic carbocycles. The molecule has 0 radical (unpaired) electrons. The second-order valence-electron chi connectivity index (χ2n) is 7.52. The number of carbonyl (C=O) groups excluding carboxylic acids is 3. The van der Waals surface area contributed by atoms with Crippen LogP contribution in [0.1, 0.15) is 52.4 Å². The number of Topliss-reactive ketones (excluding diaryl/α,β-unsaturated/α-hetero) is 1. The van der Waals surface area contributed by atoms with Crippen molar-refractivity contribution in [3.8, 4) is 0 Å². The van der Waals surface area contributed by atoms with Gasteiger partial charge in [0, 0.05) is 23.4 Å². The standard InChI is InChI=1S/C20H23N3O3/c1-12-17-14(9-20(2,3)10-15(17)24)23-18(12)19(26)21-11-16(25)22-13-7-5-4-6-8-13/h4-8,23H,9-11H2,1-3H3,(H,21,26)(H,22,25). The maximum Gasteiger partial charge on any atom is 0.268 e. The Bertz CT molecular complexity index is 866. The summed E-state index contributed by atoms with van der Waals surface area (Å²) in [5.41, 5.74) is 3.00. The Hall–Kier alpha value is -2.89. The second kappa shape index (κ2) is 6.78. The second-order valence-corrected chi connectivity index (χ2v) is 7.52. The molecule has 3 rings (SSSR count). The summed E-state index contributed by atoms with van der Waals surface area (Å²) in [5.74, 6) is -0.632. The summed E-state index contributed by atoms with van der Waals surface area (Å²) in [6.07, 6.45) is 1.19. The Balaban J connectivity index is 1.67. The molecule has 6 heteroatoms. The lowest BCUT2D eigenvalue weighted by molar-refractivity contribution is -0.115. The van der Waals surface area contributed by atoms with Crippen molar-refractivity contribution < 1.29 is 14.4 Å². The average Bonchev–Trinajstić information content (AvgIpc) is 2.89. The number of hydrogen-bond acceptors (Lipinski definition) is 3. The molecule has 0 unspecified atom stereocenters. The fraction of sp³-hybridized carbons (Fsp3) is 0.350. The number of amides is 2. The number of carbonyl (C=O) groups is 3. The molecule has 0 spiro atoms. The average molecular weight is 353 g/mol. The molecule has 0 atom stereocenters. The van der Waals surface area contributed by atoms with Crippen LogP contribution >= 0.6 is 0 Å². The van der Waals surface area contributed by atoms with Crippen molar-refractivity contribution in [2.45, 2.75) is 33.6 Å². The zero-order chi connectivity index (χ0) is 18.9. The first kappa shape index (κ1) is 17.9. The monoisotopic (exact) mass is 353 g/mol. The molecule has 2 aromatic rings. The van der Waals surface area contributed by atoms with Gasteiger partial charge in [-0.25, -0.2) is 0 Å². The maximum absolute atomic E-state index is 12.5. The van der Waals surface area contributed by atoms with Crippen molar-refractivity contribution in [2.75, 3.05) is 11.9 Å². The van der Waals surface area contributed by atoms with E-state index >= 15 is 0 Å². The largest absolute Gasteiger partial charge is 0.354 e. The topological polar surface area (TPSA) is 91.1 Å². The molecule has 0 saturated heterocycles. The van der Waals surface area contributed by atoms with Gasteiger partial charge in [0.2, 0.25) is 5.91 Å². The first-order valence-electron chi connectivity index (χ1n) is 8.64. The lowest BCUT2D eigenvalue weighted by Crippen LogP contribution is -2.33. The summed E-state index contributed by atoms with van der Waals surface area (Å²) in [5, 5.41) is 5.32. The van der Waals surface area contributed by atoms with E-state index in [1.807, 2.05) is 32.0 Å². The fourth-order valence-electron chi connectivity index (χ4n) is 3.44. The van der Waals surface area contributed by atoms with Gasteiger partial charge < -0.3 is 15.6 Å². The molecule has 1 aliphatic rings. The van der Waals surface area contributed by atoms with E-state index in [-0.39, 0.29) is 29.6 Å². The van der Waals surface area contributed by atoms with Crippen molar-refractivity contribution in [3.05, 3.63) is 52.8 Å².